The Labute approximate surface area is 133 Å². The highest BCUT2D eigenvalue weighted by molar-refractivity contribution is 5.91. The van der Waals surface area contributed by atoms with E-state index in [4.69, 9.17) is 10.5 Å². The van der Waals surface area contributed by atoms with E-state index in [1.165, 1.54) is 0 Å². The number of rotatable bonds is 8. The Morgan fingerprint density at radius 3 is 2.50 bits per heavy atom. The molecule has 0 unspecified atom stereocenters. The first-order valence-corrected chi connectivity index (χ1v) is 7.62. The number of amides is 1. The number of hydrogen-bond donors (Lipinski definition) is 1. The van der Waals surface area contributed by atoms with Gasteiger partial charge in [-0.2, -0.15) is 0 Å². The van der Waals surface area contributed by atoms with Crippen molar-refractivity contribution in [2.45, 2.75) is 13.8 Å². The van der Waals surface area contributed by atoms with Crippen LogP contribution >= 0.6 is 0 Å². The summed E-state index contributed by atoms with van der Waals surface area (Å²) >= 11 is 0. The maximum absolute atomic E-state index is 11.9. The van der Waals surface area contributed by atoms with Gasteiger partial charge >= 0.3 is 0 Å². The van der Waals surface area contributed by atoms with Gasteiger partial charge in [-0.1, -0.05) is 6.07 Å². The number of anilines is 1. The maximum Gasteiger partial charge on any atom is 0.246 e. The lowest BCUT2D eigenvalue weighted by molar-refractivity contribution is -0.125. The van der Waals surface area contributed by atoms with Crippen molar-refractivity contribution in [3.63, 3.8) is 0 Å². The summed E-state index contributed by atoms with van der Waals surface area (Å²) in [4.78, 5) is 15.7. The fourth-order valence-corrected chi connectivity index (χ4v) is 1.95. The van der Waals surface area contributed by atoms with Crippen LogP contribution in [0.3, 0.4) is 0 Å². The number of nitrogen functional groups attached to an aromatic ring is 1. The zero-order valence-electron chi connectivity index (χ0n) is 14.0. The van der Waals surface area contributed by atoms with Crippen LogP contribution in [0.25, 0.3) is 6.08 Å². The van der Waals surface area contributed by atoms with Crippen LogP contribution in [0.5, 0.6) is 5.75 Å². The number of nitrogens with zero attached hydrogens (tertiary/aromatic N) is 2. The van der Waals surface area contributed by atoms with Crippen LogP contribution in [0.1, 0.15) is 19.4 Å². The Balaban J connectivity index is 2.66. The van der Waals surface area contributed by atoms with Crippen molar-refractivity contribution in [2.75, 3.05) is 46.1 Å². The standard InChI is InChI=1S/C17H27N3O2/c1-5-20(6-2)17(21)10-8-14-7-9-16(15(18)13-14)22-12-11-19(3)4/h7-10,13H,5-6,11-12,18H2,1-4H3/b10-8-. The number of likely N-dealkylation sites (N-methyl/N-ethyl adjacent to an activating group) is 2. The monoisotopic (exact) mass is 305 g/mol. The lowest BCUT2D eigenvalue weighted by atomic mass is 10.1. The third-order valence-electron chi connectivity index (χ3n) is 3.32. The van der Waals surface area contributed by atoms with E-state index in [0.717, 1.165) is 12.1 Å². The van der Waals surface area contributed by atoms with Crippen molar-refractivity contribution >= 4 is 17.7 Å². The number of carbonyl (C=O) groups is 1. The summed E-state index contributed by atoms with van der Waals surface area (Å²) in [6.07, 6.45) is 3.36. The van der Waals surface area contributed by atoms with Crippen molar-refractivity contribution in [2.24, 2.45) is 0 Å². The van der Waals surface area contributed by atoms with E-state index < -0.39 is 0 Å². The maximum atomic E-state index is 11.9. The molecule has 0 heterocycles. The molecule has 22 heavy (non-hydrogen) atoms. The molecule has 0 aliphatic heterocycles. The van der Waals surface area contributed by atoms with Crippen LogP contribution in [0.4, 0.5) is 5.69 Å². The molecule has 5 heteroatoms. The quantitative estimate of drug-likeness (QED) is 0.590. The van der Waals surface area contributed by atoms with Gasteiger partial charge in [0.05, 0.1) is 5.69 Å². The summed E-state index contributed by atoms with van der Waals surface area (Å²) in [5.74, 6) is 0.684. The third-order valence-corrected chi connectivity index (χ3v) is 3.32. The van der Waals surface area contributed by atoms with Gasteiger partial charge in [0, 0.05) is 25.7 Å². The molecule has 0 saturated carbocycles. The molecule has 0 fully saturated rings. The minimum absolute atomic E-state index is 0.00915. The molecule has 0 spiro atoms. The van der Waals surface area contributed by atoms with Gasteiger partial charge in [-0.3, -0.25) is 4.79 Å². The van der Waals surface area contributed by atoms with Crippen LogP contribution in [0, 0.1) is 0 Å². The normalized spacial score (nSPS) is 11.1. The van der Waals surface area contributed by atoms with Gasteiger partial charge in [-0.15, -0.1) is 0 Å². The lowest BCUT2D eigenvalue weighted by Gasteiger charge is -2.16. The van der Waals surface area contributed by atoms with E-state index in [1.807, 2.05) is 51.0 Å². The summed E-state index contributed by atoms with van der Waals surface area (Å²) in [7, 11) is 3.99. The van der Waals surface area contributed by atoms with E-state index >= 15 is 0 Å². The van der Waals surface area contributed by atoms with Crippen molar-refractivity contribution < 1.29 is 9.53 Å². The molecular formula is C17H27N3O2. The first-order chi connectivity index (χ1) is 10.5. The van der Waals surface area contributed by atoms with Gasteiger partial charge in [0.2, 0.25) is 5.91 Å². The molecule has 1 amide bonds. The van der Waals surface area contributed by atoms with E-state index in [1.54, 1.807) is 17.1 Å². The van der Waals surface area contributed by atoms with Gasteiger partial charge in [0.25, 0.3) is 0 Å². The number of ether oxygens (including phenoxy) is 1. The highest BCUT2D eigenvalue weighted by Crippen LogP contribution is 2.23. The van der Waals surface area contributed by atoms with E-state index in [9.17, 15) is 4.79 Å². The Bertz CT molecular complexity index is 509. The fourth-order valence-electron chi connectivity index (χ4n) is 1.95. The second-order valence-electron chi connectivity index (χ2n) is 5.29. The molecule has 1 aromatic carbocycles. The predicted octanol–water partition coefficient (Wildman–Crippen LogP) is 2.09. The molecule has 0 saturated heterocycles. The number of hydrogen-bond acceptors (Lipinski definition) is 4. The molecule has 1 rings (SSSR count). The van der Waals surface area contributed by atoms with Crippen molar-refractivity contribution in [3.05, 3.63) is 29.8 Å². The molecule has 0 aromatic heterocycles. The average molecular weight is 305 g/mol. The highest BCUT2D eigenvalue weighted by Gasteiger charge is 2.05. The van der Waals surface area contributed by atoms with Crippen molar-refractivity contribution in [1.82, 2.24) is 9.80 Å². The first-order valence-electron chi connectivity index (χ1n) is 7.62. The zero-order valence-corrected chi connectivity index (χ0v) is 14.0. The Morgan fingerprint density at radius 1 is 1.27 bits per heavy atom. The lowest BCUT2D eigenvalue weighted by Crippen LogP contribution is -2.28. The van der Waals surface area contributed by atoms with Crippen LogP contribution in [0.2, 0.25) is 0 Å². The van der Waals surface area contributed by atoms with Crippen molar-refractivity contribution in [1.29, 1.82) is 0 Å². The number of benzene rings is 1. The number of nitrogens with two attached hydrogens (primary N) is 1. The van der Waals surface area contributed by atoms with Gasteiger partial charge in [0.1, 0.15) is 12.4 Å². The summed E-state index contributed by atoms with van der Waals surface area (Å²) in [5, 5.41) is 0. The number of carbonyl (C=O) groups excluding carboxylic acids is 1. The van der Waals surface area contributed by atoms with E-state index in [0.29, 0.717) is 31.1 Å². The van der Waals surface area contributed by atoms with Crippen LogP contribution in [-0.2, 0) is 4.79 Å². The minimum Gasteiger partial charge on any atom is -0.490 e. The second kappa shape index (κ2) is 9.10. The Morgan fingerprint density at radius 2 is 1.95 bits per heavy atom. The SMILES string of the molecule is CCN(CC)C(=O)/C=C\c1ccc(OCCN(C)C)c(N)c1. The van der Waals surface area contributed by atoms with E-state index in [2.05, 4.69) is 0 Å². The van der Waals surface area contributed by atoms with Crippen LogP contribution in [0.15, 0.2) is 24.3 Å². The van der Waals surface area contributed by atoms with Gasteiger partial charge in [0.15, 0.2) is 0 Å². The first kappa shape index (κ1) is 18.0. The summed E-state index contributed by atoms with van der Waals surface area (Å²) < 4.78 is 5.64. The molecule has 0 radical (unpaired) electrons. The molecule has 1 aromatic rings. The van der Waals surface area contributed by atoms with E-state index in [-0.39, 0.29) is 5.91 Å². The molecule has 0 aliphatic carbocycles. The molecule has 2 N–H and O–H groups in total. The Hall–Kier alpha value is -2.01. The fraction of sp³-hybridized carbons (Fsp3) is 0.471. The summed E-state index contributed by atoms with van der Waals surface area (Å²) in [6, 6.07) is 5.55. The molecule has 122 valence electrons. The molecular weight excluding hydrogens is 278 g/mol. The summed E-state index contributed by atoms with van der Waals surface area (Å²) in [6.45, 7) is 6.77. The van der Waals surface area contributed by atoms with Crippen molar-refractivity contribution in [3.8, 4) is 5.75 Å². The summed E-state index contributed by atoms with van der Waals surface area (Å²) in [5.41, 5.74) is 7.46. The zero-order chi connectivity index (χ0) is 16.5. The van der Waals surface area contributed by atoms with Crippen LogP contribution < -0.4 is 10.5 Å². The molecule has 0 bridgehead atoms. The molecule has 5 nitrogen and oxygen atoms in total. The second-order valence-corrected chi connectivity index (χ2v) is 5.29. The highest BCUT2D eigenvalue weighted by atomic mass is 16.5. The van der Waals surface area contributed by atoms with Gasteiger partial charge in [-0.25, -0.2) is 0 Å². The molecule has 0 aliphatic rings. The smallest absolute Gasteiger partial charge is 0.246 e. The third kappa shape index (κ3) is 5.77. The Kier molecular flexibility index (Phi) is 7.46. The predicted molar refractivity (Wildman–Crippen MR) is 91.9 cm³/mol. The topological polar surface area (TPSA) is 58.8 Å². The average Bonchev–Trinajstić information content (AvgIpc) is 2.48. The van der Waals surface area contributed by atoms with Gasteiger partial charge in [-0.05, 0) is 51.7 Å². The molecule has 0 atom stereocenters. The minimum atomic E-state index is 0.00915. The largest absolute Gasteiger partial charge is 0.490 e. The van der Waals surface area contributed by atoms with Gasteiger partial charge < -0.3 is 20.3 Å². The van der Waals surface area contributed by atoms with Crippen LogP contribution in [-0.4, -0.2) is 56.0 Å².